The van der Waals surface area contributed by atoms with Crippen LogP contribution in [-0.4, -0.2) is 25.6 Å². The molecule has 1 aliphatic rings. The first-order valence-corrected chi connectivity index (χ1v) is 11.5. The maximum Gasteiger partial charge on any atom is 0.341 e. The smallest absolute Gasteiger partial charge is 0.341 e. The first-order valence-electron chi connectivity index (χ1n) is 10.7. The van der Waals surface area contributed by atoms with Crippen molar-refractivity contribution in [2.75, 3.05) is 19.0 Å². The van der Waals surface area contributed by atoms with Gasteiger partial charge in [0.05, 0.1) is 19.3 Å². The van der Waals surface area contributed by atoms with Gasteiger partial charge in [-0.3, -0.25) is 4.79 Å². The molecule has 0 fully saturated rings. The summed E-state index contributed by atoms with van der Waals surface area (Å²) in [6, 6.07) is 7.44. The van der Waals surface area contributed by atoms with Gasteiger partial charge in [0.2, 0.25) is 5.91 Å². The Hall–Kier alpha value is -2.60. The van der Waals surface area contributed by atoms with Crippen molar-refractivity contribution in [3.8, 4) is 5.75 Å². The summed E-state index contributed by atoms with van der Waals surface area (Å²) in [5.41, 5.74) is 2.66. The maximum atomic E-state index is 12.7. The predicted molar refractivity (Wildman–Crippen MR) is 126 cm³/mol. The molecule has 6 heteroatoms. The van der Waals surface area contributed by atoms with Crippen LogP contribution in [0.1, 0.15) is 60.5 Å². The van der Waals surface area contributed by atoms with Crippen LogP contribution in [0.2, 0.25) is 0 Å². The van der Waals surface area contributed by atoms with E-state index >= 15 is 0 Å². The molecule has 3 rings (SSSR count). The lowest BCUT2D eigenvalue weighted by molar-refractivity contribution is -0.111. The van der Waals surface area contributed by atoms with Crippen LogP contribution in [0, 0.1) is 11.3 Å². The molecule has 166 valence electrons. The van der Waals surface area contributed by atoms with Gasteiger partial charge in [0.15, 0.2) is 0 Å². The summed E-state index contributed by atoms with van der Waals surface area (Å²) in [6.45, 7) is 8.88. The number of amides is 1. The zero-order chi connectivity index (χ0) is 22.6. The molecule has 1 amide bonds. The Kier molecular flexibility index (Phi) is 7.21. The van der Waals surface area contributed by atoms with Crippen molar-refractivity contribution in [3.63, 3.8) is 0 Å². The third kappa shape index (κ3) is 5.56. The number of hydrogen-bond donors (Lipinski definition) is 1. The van der Waals surface area contributed by atoms with Crippen molar-refractivity contribution < 1.29 is 19.1 Å². The van der Waals surface area contributed by atoms with Gasteiger partial charge in [-0.15, -0.1) is 11.3 Å². The molecule has 1 heterocycles. The molecule has 1 aromatic carbocycles. The van der Waals surface area contributed by atoms with Crippen LogP contribution in [-0.2, 0) is 22.4 Å². The van der Waals surface area contributed by atoms with Gasteiger partial charge in [-0.2, -0.15) is 0 Å². The van der Waals surface area contributed by atoms with E-state index in [1.165, 1.54) is 22.3 Å². The average molecular weight is 442 g/mol. The number of carbonyl (C=O) groups is 2. The van der Waals surface area contributed by atoms with E-state index < -0.39 is 0 Å². The summed E-state index contributed by atoms with van der Waals surface area (Å²) in [5.74, 6) is 0.682. The monoisotopic (exact) mass is 441 g/mol. The number of esters is 1. The van der Waals surface area contributed by atoms with E-state index in [0.717, 1.165) is 36.1 Å². The van der Waals surface area contributed by atoms with Gasteiger partial charge in [-0.05, 0) is 66.9 Å². The maximum absolute atomic E-state index is 12.7. The molecule has 1 aromatic heterocycles. The Bertz CT molecular complexity index is 967. The van der Waals surface area contributed by atoms with E-state index in [2.05, 4.69) is 26.1 Å². The summed E-state index contributed by atoms with van der Waals surface area (Å²) in [5, 5.41) is 3.51. The minimum absolute atomic E-state index is 0.205. The lowest BCUT2D eigenvalue weighted by Gasteiger charge is -2.33. The van der Waals surface area contributed by atoms with Crippen molar-refractivity contribution in [1.82, 2.24) is 0 Å². The first-order chi connectivity index (χ1) is 14.7. The lowest BCUT2D eigenvalue weighted by Crippen LogP contribution is -2.26. The molecular weight excluding hydrogens is 410 g/mol. The highest BCUT2D eigenvalue weighted by Crippen LogP contribution is 2.44. The molecular formula is C25H31NO4S. The molecule has 0 radical (unpaired) electrons. The Morgan fingerprint density at radius 1 is 1.23 bits per heavy atom. The van der Waals surface area contributed by atoms with Crippen molar-refractivity contribution >= 4 is 34.3 Å². The molecule has 0 spiro atoms. The number of fused-ring (bicyclic) bond motifs is 1. The molecule has 0 saturated heterocycles. The topological polar surface area (TPSA) is 64.6 Å². The molecule has 1 unspecified atom stereocenters. The fourth-order valence-electron chi connectivity index (χ4n) is 3.87. The van der Waals surface area contributed by atoms with E-state index in [9.17, 15) is 9.59 Å². The largest absolute Gasteiger partial charge is 0.497 e. The standard InChI is InChI=1S/C25H31NO4S/c1-6-30-24(28)22-19-13-10-17(25(2,3)4)15-20(19)31-23(22)26-21(27)14-9-16-7-11-18(29-5)12-8-16/h7-9,11-12,14,17H,6,10,13,15H2,1-5H3,(H,26,27). The number of methoxy groups -OCH3 is 1. The molecule has 0 bridgehead atoms. The van der Waals surface area contributed by atoms with E-state index in [1.54, 1.807) is 20.1 Å². The number of thiophene rings is 1. The molecule has 2 aromatic rings. The molecule has 5 nitrogen and oxygen atoms in total. The summed E-state index contributed by atoms with van der Waals surface area (Å²) < 4.78 is 10.5. The van der Waals surface area contributed by atoms with E-state index in [0.29, 0.717) is 23.1 Å². The normalized spacial score (nSPS) is 16.1. The summed E-state index contributed by atoms with van der Waals surface area (Å²) in [6.07, 6.45) is 6.01. The molecule has 1 N–H and O–H groups in total. The fraction of sp³-hybridized carbons (Fsp3) is 0.440. The molecule has 0 aliphatic heterocycles. The Balaban J connectivity index is 1.82. The minimum Gasteiger partial charge on any atom is -0.497 e. The average Bonchev–Trinajstić information content (AvgIpc) is 3.09. The van der Waals surface area contributed by atoms with E-state index in [4.69, 9.17) is 9.47 Å². The Morgan fingerprint density at radius 2 is 1.94 bits per heavy atom. The minimum atomic E-state index is -0.358. The number of hydrogen-bond acceptors (Lipinski definition) is 5. The van der Waals surface area contributed by atoms with Crippen LogP contribution in [0.25, 0.3) is 6.08 Å². The van der Waals surface area contributed by atoms with Gasteiger partial charge < -0.3 is 14.8 Å². The summed E-state index contributed by atoms with van der Waals surface area (Å²) >= 11 is 1.51. The Labute approximate surface area is 188 Å². The highest BCUT2D eigenvalue weighted by molar-refractivity contribution is 7.17. The molecule has 1 aliphatic carbocycles. The van der Waals surface area contributed by atoms with Crippen molar-refractivity contribution in [2.45, 2.75) is 47.0 Å². The predicted octanol–water partition coefficient (Wildman–Crippen LogP) is 5.74. The second-order valence-electron chi connectivity index (χ2n) is 8.83. The number of anilines is 1. The van der Waals surface area contributed by atoms with Crippen LogP contribution in [0.4, 0.5) is 5.00 Å². The van der Waals surface area contributed by atoms with Gasteiger partial charge in [0, 0.05) is 11.0 Å². The van der Waals surface area contributed by atoms with Crippen LogP contribution in [0.15, 0.2) is 30.3 Å². The second-order valence-corrected chi connectivity index (χ2v) is 9.94. The van der Waals surface area contributed by atoms with Crippen LogP contribution in [0.5, 0.6) is 5.75 Å². The number of ether oxygens (including phenoxy) is 2. The summed E-state index contributed by atoms with van der Waals surface area (Å²) in [4.78, 5) is 26.5. The highest BCUT2D eigenvalue weighted by atomic mass is 32.1. The van der Waals surface area contributed by atoms with E-state index in [-0.39, 0.29) is 17.3 Å². The van der Waals surface area contributed by atoms with Crippen LogP contribution >= 0.6 is 11.3 Å². The summed E-state index contributed by atoms with van der Waals surface area (Å²) in [7, 11) is 1.61. The van der Waals surface area contributed by atoms with Crippen molar-refractivity contribution in [1.29, 1.82) is 0 Å². The van der Waals surface area contributed by atoms with Crippen molar-refractivity contribution in [2.24, 2.45) is 11.3 Å². The zero-order valence-corrected chi connectivity index (χ0v) is 19.7. The second kappa shape index (κ2) is 9.69. The molecule has 31 heavy (non-hydrogen) atoms. The number of rotatable bonds is 6. The molecule has 1 atom stereocenters. The SMILES string of the molecule is CCOC(=O)c1c(NC(=O)C=Cc2ccc(OC)cc2)sc2c1CCC(C(C)(C)C)C2. The number of nitrogens with one attached hydrogen (secondary N) is 1. The Morgan fingerprint density at radius 3 is 2.55 bits per heavy atom. The van der Waals surface area contributed by atoms with Gasteiger partial charge in [-0.25, -0.2) is 4.79 Å². The third-order valence-electron chi connectivity index (χ3n) is 5.75. The quantitative estimate of drug-likeness (QED) is 0.459. The number of benzene rings is 1. The van der Waals surface area contributed by atoms with Gasteiger partial charge >= 0.3 is 5.97 Å². The third-order valence-corrected chi connectivity index (χ3v) is 6.92. The van der Waals surface area contributed by atoms with Gasteiger partial charge in [-0.1, -0.05) is 32.9 Å². The highest BCUT2D eigenvalue weighted by Gasteiger charge is 2.34. The number of carbonyl (C=O) groups excluding carboxylic acids is 2. The molecule has 0 saturated carbocycles. The van der Waals surface area contributed by atoms with E-state index in [1.807, 2.05) is 24.3 Å². The zero-order valence-electron chi connectivity index (χ0n) is 18.9. The van der Waals surface area contributed by atoms with Crippen LogP contribution in [0.3, 0.4) is 0 Å². The van der Waals surface area contributed by atoms with Crippen molar-refractivity contribution in [3.05, 3.63) is 51.9 Å². The van der Waals surface area contributed by atoms with Crippen LogP contribution < -0.4 is 10.1 Å². The first kappa shape index (κ1) is 23.1. The fourth-order valence-corrected chi connectivity index (χ4v) is 5.19. The van der Waals surface area contributed by atoms with Gasteiger partial charge in [0.1, 0.15) is 10.8 Å². The van der Waals surface area contributed by atoms with Gasteiger partial charge in [0.25, 0.3) is 0 Å². The lowest BCUT2D eigenvalue weighted by atomic mass is 9.72.